The number of halogens is 6. The van der Waals surface area contributed by atoms with Crippen LogP contribution in [0.2, 0.25) is 0 Å². The third kappa shape index (κ3) is 2.10. The molecule has 0 radical (unpaired) electrons. The van der Waals surface area contributed by atoms with Crippen molar-refractivity contribution in [3.8, 4) is 0 Å². The van der Waals surface area contributed by atoms with Crippen LogP contribution in [0, 0.1) is 0 Å². The maximum Gasteiger partial charge on any atom is 0.461 e. The minimum atomic E-state index is -6.00. The summed E-state index contributed by atoms with van der Waals surface area (Å²) in [7, 11) is -5.54. The van der Waals surface area contributed by atoms with Gasteiger partial charge in [-0.2, -0.15) is 35.4 Å². The molecule has 0 unspecified atom stereocenters. The first-order valence-electron chi connectivity index (χ1n) is 3.28. The summed E-state index contributed by atoms with van der Waals surface area (Å²) in [5.41, 5.74) is 0. The first-order chi connectivity index (χ1) is 6.96. The normalized spacial score (nSPS) is 14.1. The second-order valence-corrected chi connectivity index (χ2v) is 3.72. The van der Waals surface area contributed by atoms with Crippen molar-refractivity contribution in [3.63, 3.8) is 0 Å². The lowest BCUT2D eigenvalue weighted by Gasteiger charge is -2.15. The topological polar surface area (TPSA) is 75.7 Å². The lowest BCUT2D eigenvalue weighted by atomic mass is 10.3. The van der Waals surface area contributed by atoms with E-state index < -0.39 is 33.3 Å². The summed E-state index contributed by atoms with van der Waals surface area (Å²) in [5, 5.41) is 1.61. The van der Waals surface area contributed by atoms with Crippen LogP contribution in [0.15, 0.2) is 5.16 Å². The highest BCUT2D eigenvalue weighted by Gasteiger charge is 2.61. The van der Waals surface area contributed by atoms with Gasteiger partial charge in [-0.1, -0.05) is 3.89 Å². The molecule has 0 aliphatic carbocycles. The van der Waals surface area contributed by atoms with E-state index in [9.17, 15) is 34.3 Å². The molecule has 0 aliphatic heterocycles. The van der Waals surface area contributed by atoms with E-state index in [4.69, 9.17) is 0 Å². The molecule has 5 nitrogen and oxygen atoms in total. The van der Waals surface area contributed by atoms with Crippen LogP contribution in [-0.4, -0.2) is 29.8 Å². The van der Waals surface area contributed by atoms with Gasteiger partial charge < -0.3 is 0 Å². The Bertz CT molecular complexity index is 490. The van der Waals surface area contributed by atoms with Gasteiger partial charge in [-0.3, -0.25) is 5.10 Å². The highest BCUT2D eigenvalue weighted by atomic mass is 32.3. The van der Waals surface area contributed by atoms with E-state index in [2.05, 4.69) is 10.1 Å². The zero-order valence-electron chi connectivity index (χ0n) is 6.89. The lowest BCUT2D eigenvalue weighted by molar-refractivity contribution is -0.292. The molecule has 1 N–H and O–H groups in total. The van der Waals surface area contributed by atoms with Gasteiger partial charge in [-0.05, 0) is 0 Å². The summed E-state index contributed by atoms with van der Waals surface area (Å²) in [6.07, 6.45) is -6.00. The Morgan fingerprint density at radius 2 is 1.62 bits per heavy atom. The summed E-state index contributed by atoms with van der Waals surface area (Å²) >= 11 is 0. The molecule has 0 saturated heterocycles. The monoisotopic (exact) mass is 269 g/mol. The second kappa shape index (κ2) is 3.33. The van der Waals surface area contributed by atoms with Gasteiger partial charge in [0.05, 0.1) is 0 Å². The van der Waals surface area contributed by atoms with Crippen molar-refractivity contribution in [3.05, 3.63) is 5.82 Å². The fourth-order valence-corrected chi connectivity index (χ4v) is 0.985. The van der Waals surface area contributed by atoms with Crippen molar-refractivity contribution in [2.24, 2.45) is 0 Å². The Morgan fingerprint density at radius 3 is 1.94 bits per heavy atom. The van der Waals surface area contributed by atoms with E-state index in [1.165, 1.54) is 0 Å². The molecule has 0 amide bonds. The van der Waals surface area contributed by atoms with Crippen molar-refractivity contribution in [1.82, 2.24) is 15.2 Å². The maximum atomic E-state index is 12.5. The van der Waals surface area contributed by atoms with Gasteiger partial charge in [0.1, 0.15) is 0 Å². The predicted molar refractivity (Wildman–Crippen MR) is 34.6 cm³/mol. The van der Waals surface area contributed by atoms with Gasteiger partial charge in [0.25, 0.3) is 5.16 Å². The molecular weight excluding hydrogens is 268 g/mol. The van der Waals surface area contributed by atoms with E-state index in [1.807, 2.05) is 0 Å². The van der Waals surface area contributed by atoms with Gasteiger partial charge >= 0.3 is 22.3 Å². The predicted octanol–water partition coefficient (Wildman–Crippen LogP) is 1.12. The van der Waals surface area contributed by atoms with Gasteiger partial charge in [-0.15, -0.1) is 5.10 Å². The number of nitrogens with one attached hydrogen (secondary N) is 1. The molecule has 0 aromatic carbocycles. The van der Waals surface area contributed by atoms with E-state index >= 15 is 0 Å². The number of nitrogens with zero attached hydrogens (tertiary/aromatic N) is 2. The fourth-order valence-electron chi connectivity index (χ4n) is 0.630. The number of aromatic nitrogens is 3. The minimum absolute atomic E-state index is 1.01. The third-order valence-corrected chi connectivity index (χ3v) is 1.96. The smallest absolute Gasteiger partial charge is 0.256 e. The third-order valence-electron chi connectivity index (χ3n) is 1.34. The van der Waals surface area contributed by atoms with E-state index in [0.29, 0.717) is 0 Å². The lowest BCUT2D eigenvalue weighted by Crippen LogP contribution is -2.34. The molecule has 16 heavy (non-hydrogen) atoms. The van der Waals surface area contributed by atoms with Crippen molar-refractivity contribution in [2.45, 2.75) is 17.3 Å². The molecule has 0 atom stereocenters. The molecule has 0 fully saturated rings. The number of aromatic amines is 1. The molecule has 1 aromatic rings. The SMILES string of the molecule is O=S(=O)(F)c1n[nH]c(C(F)(F)C(F)(F)F)n1. The Labute approximate surface area is 83.7 Å². The molecule has 1 heterocycles. The summed E-state index contributed by atoms with van der Waals surface area (Å²) in [6.45, 7) is 0. The van der Waals surface area contributed by atoms with Crippen LogP contribution >= 0.6 is 0 Å². The molecule has 1 aromatic heterocycles. The molecule has 92 valence electrons. The Hall–Kier alpha value is -1.33. The van der Waals surface area contributed by atoms with Crippen molar-refractivity contribution in [2.75, 3.05) is 0 Å². The average molecular weight is 269 g/mol. The minimum Gasteiger partial charge on any atom is -0.256 e. The van der Waals surface area contributed by atoms with Crippen molar-refractivity contribution < 1.29 is 34.3 Å². The average Bonchev–Trinajstić information content (AvgIpc) is 2.47. The first kappa shape index (κ1) is 12.7. The molecular formula is C4HF6N3O2S. The van der Waals surface area contributed by atoms with Crippen molar-refractivity contribution in [1.29, 1.82) is 0 Å². The van der Waals surface area contributed by atoms with Crippen LogP contribution in [0.25, 0.3) is 0 Å². The van der Waals surface area contributed by atoms with Crippen LogP contribution < -0.4 is 0 Å². The van der Waals surface area contributed by atoms with Crippen LogP contribution in [0.1, 0.15) is 5.82 Å². The number of hydrogen-bond donors (Lipinski definition) is 1. The zero-order chi connectivity index (χ0) is 12.8. The molecule has 12 heteroatoms. The van der Waals surface area contributed by atoms with Crippen molar-refractivity contribution >= 4 is 10.2 Å². The van der Waals surface area contributed by atoms with Crippen LogP contribution in [0.4, 0.5) is 25.8 Å². The van der Waals surface area contributed by atoms with Crippen LogP contribution in [-0.2, 0) is 16.1 Å². The van der Waals surface area contributed by atoms with E-state index in [0.717, 1.165) is 5.10 Å². The molecule has 1 rings (SSSR count). The number of rotatable bonds is 2. The van der Waals surface area contributed by atoms with E-state index in [1.54, 1.807) is 0 Å². The highest BCUT2D eigenvalue weighted by molar-refractivity contribution is 7.86. The van der Waals surface area contributed by atoms with Gasteiger partial charge in [-0.25, -0.2) is 0 Å². The Balaban J connectivity index is 3.23. The van der Waals surface area contributed by atoms with Crippen LogP contribution in [0.3, 0.4) is 0 Å². The Morgan fingerprint density at radius 1 is 1.12 bits per heavy atom. The quantitative estimate of drug-likeness (QED) is 0.644. The molecule has 0 saturated carbocycles. The Kier molecular flexibility index (Phi) is 2.65. The summed E-state index contributed by atoms with van der Waals surface area (Å²) in [6, 6.07) is 0. The van der Waals surface area contributed by atoms with Gasteiger partial charge in [0.15, 0.2) is 0 Å². The second-order valence-electron chi connectivity index (χ2n) is 2.48. The fraction of sp³-hybridized carbons (Fsp3) is 0.500. The maximum absolute atomic E-state index is 12.5. The number of hydrogen-bond acceptors (Lipinski definition) is 4. The summed E-state index contributed by atoms with van der Waals surface area (Å²) in [4.78, 5) is 2.22. The standard InChI is InChI=1S/C4HF6N3O2S/c5-3(6,4(7,8)9)1-11-2(13-12-1)16(10,14)15/h(H,11,12,13). The summed E-state index contributed by atoms with van der Waals surface area (Å²) < 4.78 is 92.5. The van der Waals surface area contributed by atoms with Crippen LogP contribution in [0.5, 0.6) is 0 Å². The number of H-pyrrole nitrogens is 1. The van der Waals surface area contributed by atoms with Gasteiger partial charge in [0, 0.05) is 0 Å². The highest BCUT2D eigenvalue weighted by Crippen LogP contribution is 2.42. The largest absolute Gasteiger partial charge is 0.461 e. The van der Waals surface area contributed by atoms with E-state index in [-0.39, 0.29) is 0 Å². The summed E-state index contributed by atoms with van der Waals surface area (Å²) in [5.74, 6) is -7.54. The number of alkyl halides is 5. The molecule has 0 bridgehead atoms. The van der Waals surface area contributed by atoms with Gasteiger partial charge in [0.2, 0.25) is 5.82 Å². The molecule has 0 aliphatic rings. The zero-order valence-corrected chi connectivity index (χ0v) is 7.70. The molecule has 0 spiro atoms. The first-order valence-corrected chi connectivity index (χ1v) is 4.66.